The Balaban J connectivity index is 1.82. The summed E-state index contributed by atoms with van der Waals surface area (Å²) in [6.07, 6.45) is 2.14. The average molecular weight is 465 g/mol. The van der Waals surface area contributed by atoms with Gasteiger partial charge in [0.15, 0.2) is 6.10 Å². The number of carbonyl (C=O) groups is 2. The number of hydrogen-bond donors (Lipinski definition) is 2. The van der Waals surface area contributed by atoms with Crippen LogP contribution in [0.5, 0.6) is 0 Å². The predicted molar refractivity (Wildman–Crippen MR) is 118 cm³/mol. The summed E-state index contributed by atoms with van der Waals surface area (Å²) in [5.41, 5.74) is 0.0302. The lowest BCUT2D eigenvalue weighted by Crippen LogP contribution is -2.56. The molecule has 1 saturated carbocycles. The summed E-state index contributed by atoms with van der Waals surface area (Å²) < 4.78 is 23.4. The maximum Gasteiger partial charge on any atom is 0.335 e. The van der Waals surface area contributed by atoms with Crippen LogP contribution in [0.1, 0.15) is 41.0 Å². The minimum atomic E-state index is -0.882. The Hall–Kier alpha value is -1.74. The molecule has 8 heteroatoms. The van der Waals surface area contributed by atoms with E-state index >= 15 is 0 Å². The summed E-state index contributed by atoms with van der Waals surface area (Å²) in [6.45, 7) is 8.75. The number of ether oxygens (including phenoxy) is 4. The molecule has 2 heterocycles. The highest BCUT2D eigenvalue weighted by Gasteiger charge is 2.68. The fourth-order valence-electron chi connectivity index (χ4n) is 6.66. The van der Waals surface area contributed by atoms with Crippen LogP contribution in [0, 0.1) is 29.6 Å². The summed E-state index contributed by atoms with van der Waals surface area (Å²) in [7, 11) is 1.46. The average Bonchev–Trinajstić information content (AvgIpc) is 2.96. The molecule has 2 fully saturated rings. The zero-order chi connectivity index (χ0) is 24.2. The maximum atomic E-state index is 13.1. The van der Waals surface area contributed by atoms with Crippen LogP contribution in [0.4, 0.5) is 0 Å². The normalized spacial score (nSPS) is 47.8. The Bertz CT molecular complexity index is 851. The van der Waals surface area contributed by atoms with E-state index in [1.807, 2.05) is 39.0 Å². The third-order valence-electron chi connectivity index (χ3n) is 8.25. The molecule has 4 aliphatic rings. The highest BCUT2D eigenvalue weighted by molar-refractivity contribution is 5.75. The van der Waals surface area contributed by atoms with Crippen LogP contribution in [0.25, 0.3) is 0 Å². The van der Waals surface area contributed by atoms with E-state index in [4.69, 9.17) is 18.9 Å². The smallest absolute Gasteiger partial charge is 0.335 e. The van der Waals surface area contributed by atoms with Gasteiger partial charge in [-0.05, 0) is 25.8 Å². The molecular formula is C25H36O8. The van der Waals surface area contributed by atoms with Crippen molar-refractivity contribution < 1.29 is 38.7 Å². The second kappa shape index (κ2) is 8.80. The Morgan fingerprint density at radius 1 is 1.24 bits per heavy atom. The van der Waals surface area contributed by atoms with E-state index in [-0.39, 0.29) is 29.6 Å². The second-order valence-corrected chi connectivity index (χ2v) is 10.2. The molecule has 33 heavy (non-hydrogen) atoms. The van der Waals surface area contributed by atoms with Crippen molar-refractivity contribution in [2.75, 3.05) is 7.11 Å². The Kier molecular flexibility index (Phi) is 6.50. The van der Waals surface area contributed by atoms with Crippen molar-refractivity contribution in [3.8, 4) is 0 Å². The topological polar surface area (TPSA) is 112 Å². The van der Waals surface area contributed by atoms with Crippen molar-refractivity contribution in [2.45, 2.75) is 83.3 Å². The maximum absolute atomic E-state index is 13.1. The van der Waals surface area contributed by atoms with Gasteiger partial charge in [0.25, 0.3) is 0 Å². The van der Waals surface area contributed by atoms with Gasteiger partial charge in [-0.1, -0.05) is 32.1 Å². The van der Waals surface area contributed by atoms with Gasteiger partial charge < -0.3 is 29.2 Å². The van der Waals surface area contributed by atoms with Gasteiger partial charge in [0.2, 0.25) is 0 Å². The zero-order valence-electron chi connectivity index (χ0n) is 20.1. The SMILES string of the molecule is CO[C@H]1C[C@H]2C=C[C@H]3[C@H]4O[C@]2(C(C)=C[C@@H](C)[C@@H]([C@@H](C)OC(C)=O)OC1=O)[C@@H]3[C@H](O)[C@@H](C)[C@H]4O. The molecule has 0 aromatic rings. The first-order valence-corrected chi connectivity index (χ1v) is 11.8. The fraction of sp³-hybridized carbons (Fsp3) is 0.760. The number of aliphatic hydroxyl groups excluding tert-OH is 2. The van der Waals surface area contributed by atoms with Gasteiger partial charge in [-0.2, -0.15) is 0 Å². The first-order chi connectivity index (χ1) is 15.5. The minimum Gasteiger partial charge on any atom is -0.459 e. The van der Waals surface area contributed by atoms with Crippen LogP contribution in [0.2, 0.25) is 0 Å². The number of aliphatic hydroxyl groups is 2. The molecule has 0 radical (unpaired) electrons. The number of rotatable bonds is 3. The molecule has 2 aliphatic carbocycles. The highest BCUT2D eigenvalue weighted by Crippen LogP contribution is 2.60. The van der Waals surface area contributed by atoms with Gasteiger partial charge in [-0.15, -0.1) is 0 Å². The summed E-state index contributed by atoms with van der Waals surface area (Å²) in [4.78, 5) is 24.7. The Labute approximate surface area is 194 Å². The molecule has 12 atom stereocenters. The largest absolute Gasteiger partial charge is 0.459 e. The number of carbonyl (C=O) groups excluding carboxylic acids is 2. The van der Waals surface area contributed by atoms with Crippen molar-refractivity contribution in [3.63, 3.8) is 0 Å². The number of cyclic esters (lactones) is 1. The van der Waals surface area contributed by atoms with E-state index in [0.717, 1.165) is 5.57 Å². The lowest BCUT2D eigenvalue weighted by atomic mass is 9.57. The van der Waals surface area contributed by atoms with E-state index < -0.39 is 54.2 Å². The third-order valence-corrected chi connectivity index (χ3v) is 8.25. The van der Waals surface area contributed by atoms with Crippen molar-refractivity contribution in [2.24, 2.45) is 29.6 Å². The zero-order valence-corrected chi connectivity index (χ0v) is 20.1. The summed E-state index contributed by atoms with van der Waals surface area (Å²) >= 11 is 0. The van der Waals surface area contributed by atoms with E-state index in [0.29, 0.717) is 6.42 Å². The van der Waals surface area contributed by atoms with Gasteiger partial charge in [0.1, 0.15) is 17.8 Å². The standard InChI is InChI=1S/C25H36O8/c1-11-9-12(2)25-16(7-8-17-19(25)20(27)13(3)21(28)23(17)33-25)10-18(30-6)24(29)32-22(11)14(4)31-15(5)26/h7-9,11,13-14,16-23,27-28H,10H2,1-6H3/t11-,13-,14-,16-,17-,18+,19+,20-,21-,22+,23-,25+/m1/s1. The number of esters is 2. The monoisotopic (exact) mass is 464 g/mol. The summed E-state index contributed by atoms with van der Waals surface area (Å²) in [5.74, 6) is -2.24. The van der Waals surface area contributed by atoms with Crippen molar-refractivity contribution in [3.05, 3.63) is 23.8 Å². The molecule has 8 nitrogen and oxygen atoms in total. The number of methoxy groups -OCH3 is 1. The molecule has 4 rings (SSSR count). The van der Waals surface area contributed by atoms with E-state index in [9.17, 15) is 19.8 Å². The lowest BCUT2D eigenvalue weighted by Gasteiger charge is -2.48. The number of hydrogen-bond acceptors (Lipinski definition) is 8. The van der Waals surface area contributed by atoms with Crippen LogP contribution in [0.15, 0.2) is 23.8 Å². The first kappa shape index (κ1) is 24.4. The van der Waals surface area contributed by atoms with Crippen LogP contribution in [-0.2, 0) is 28.5 Å². The predicted octanol–water partition coefficient (Wildman–Crippen LogP) is 1.78. The fourth-order valence-corrected chi connectivity index (χ4v) is 6.66. The molecule has 0 amide bonds. The first-order valence-electron chi connectivity index (χ1n) is 11.8. The van der Waals surface area contributed by atoms with Crippen LogP contribution in [-0.4, -0.2) is 71.5 Å². The van der Waals surface area contributed by atoms with Crippen LogP contribution >= 0.6 is 0 Å². The molecule has 0 aromatic heterocycles. The second-order valence-electron chi connectivity index (χ2n) is 10.2. The van der Waals surface area contributed by atoms with Gasteiger partial charge in [0, 0.05) is 43.6 Å². The van der Waals surface area contributed by atoms with Crippen molar-refractivity contribution in [1.82, 2.24) is 0 Å². The van der Waals surface area contributed by atoms with Gasteiger partial charge in [-0.3, -0.25) is 4.79 Å². The molecule has 0 unspecified atom stereocenters. The molecule has 0 aromatic carbocycles. The third kappa shape index (κ3) is 3.75. The van der Waals surface area contributed by atoms with Gasteiger partial charge in [-0.25, -0.2) is 4.79 Å². The molecule has 4 bridgehead atoms. The summed E-state index contributed by atoms with van der Waals surface area (Å²) in [6, 6.07) is 0. The Morgan fingerprint density at radius 2 is 1.94 bits per heavy atom. The molecule has 1 spiro atoms. The van der Waals surface area contributed by atoms with Crippen molar-refractivity contribution in [1.29, 1.82) is 0 Å². The van der Waals surface area contributed by atoms with E-state index in [1.54, 1.807) is 6.92 Å². The summed E-state index contributed by atoms with van der Waals surface area (Å²) in [5, 5.41) is 22.2. The van der Waals surface area contributed by atoms with E-state index in [2.05, 4.69) is 0 Å². The molecule has 184 valence electrons. The molecule has 2 N–H and O–H groups in total. The van der Waals surface area contributed by atoms with Gasteiger partial charge >= 0.3 is 11.9 Å². The van der Waals surface area contributed by atoms with E-state index in [1.165, 1.54) is 14.0 Å². The quantitative estimate of drug-likeness (QED) is 0.480. The molecule has 2 aliphatic heterocycles. The lowest BCUT2D eigenvalue weighted by molar-refractivity contribution is -0.178. The van der Waals surface area contributed by atoms with Crippen molar-refractivity contribution >= 4 is 11.9 Å². The highest BCUT2D eigenvalue weighted by atomic mass is 16.6. The minimum absolute atomic E-state index is 0.118. The van der Waals surface area contributed by atoms with Gasteiger partial charge in [0.05, 0.1) is 18.3 Å². The van der Waals surface area contributed by atoms with Crippen LogP contribution < -0.4 is 0 Å². The van der Waals surface area contributed by atoms with Crippen LogP contribution in [0.3, 0.4) is 0 Å². The molecule has 1 saturated heterocycles. The Morgan fingerprint density at radius 3 is 2.58 bits per heavy atom. The molecular weight excluding hydrogens is 428 g/mol.